The van der Waals surface area contributed by atoms with Gasteiger partial charge in [0.1, 0.15) is 0 Å². The number of unbranched alkanes of at least 4 members (excludes halogenated alkanes) is 2. The number of alkyl halides is 6. The molecular formula is C11H17F6NO. The van der Waals surface area contributed by atoms with E-state index in [2.05, 4.69) is 10.1 Å². The van der Waals surface area contributed by atoms with E-state index in [0.29, 0.717) is 12.5 Å². The summed E-state index contributed by atoms with van der Waals surface area (Å²) in [6.45, 7) is 0.208. The van der Waals surface area contributed by atoms with Crippen molar-refractivity contribution < 1.29 is 31.1 Å². The molecule has 114 valence electrons. The largest absolute Gasteiger partial charge is 0.423 e. The van der Waals surface area contributed by atoms with Crippen molar-refractivity contribution in [2.24, 2.45) is 0 Å². The molecule has 2 nitrogen and oxygen atoms in total. The van der Waals surface area contributed by atoms with E-state index in [4.69, 9.17) is 0 Å². The molecule has 8 heteroatoms. The average molecular weight is 293 g/mol. The highest BCUT2D eigenvalue weighted by molar-refractivity contribution is 4.80. The van der Waals surface area contributed by atoms with E-state index in [-0.39, 0.29) is 6.42 Å². The van der Waals surface area contributed by atoms with Crippen LogP contribution < -0.4 is 5.32 Å². The molecular weight excluding hydrogens is 276 g/mol. The van der Waals surface area contributed by atoms with Gasteiger partial charge in [-0.1, -0.05) is 0 Å². The third kappa shape index (κ3) is 7.00. The highest BCUT2D eigenvalue weighted by Crippen LogP contribution is 2.35. The summed E-state index contributed by atoms with van der Waals surface area (Å²) in [5.41, 5.74) is 0. The number of rotatable bonds is 8. The second-order valence-corrected chi connectivity index (χ2v) is 4.62. The third-order valence-electron chi connectivity index (χ3n) is 2.71. The number of ether oxygens (including phenoxy) is 1. The molecule has 0 aromatic carbocycles. The second-order valence-electron chi connectivity index (χ2n) is 4.62. The number of hydrogen-bond acceptors (Lipinski definition) is 2. The molecule has 0 aromatic heterocycles. The van der Waals surface area contributed by atoms with E-state index in [9.17, 15) is 26.3 Å². The van der Waals surface area contributed by atoms with E-state index in [1.54, 1.807) is 0 Å². The van der Waals surface area contributed by atoms with Crippen molar-refractivity contribution in [2.75, 3.05) is 13.2 Å². The van der Waals surface area contributed by atoms with E-state index in [1.165, 1.54) is 0 Å². The van der Waals surface area contributed by atoms with Crippen molar-refractivity contribution in [3.05, 3.63) is 0 Å². The zero-order valence-electron chi connectivity index (χ0n) is 10.3. The molecule has 0 aliphatic heterocycles. The van der Waals surface area contributed by atoms with Crippen molar-refractivity contribution in [1.82, 2.24) is 5.32 Å². The molecule has 0 saturated heterocycles. The molecule has 0 unspecified atom stereocenters. The molecule has 1 N–H and O–H groups in total. The van der Waals surface area contributed by atoms with Gasteiger partial charge in [-0.3, -0.25) is 0 Å². The molecule has 0 amide bonds. The number of hydrogen-bond donors (Lipinski definition) is 1. The van der Waals surface area contributed by atoms with Gasteiger partial charge in [-0.2, -0.15) is 26.3 Å². The molecule has 0 heterocycles. The lowest BCUT2D eigenvalue weighted by atomic mass is 10.2. The van der Waals surface area contributed by atoms with E-state index < -0.39 is 25.1 Å². The molecule has 0 atom stereocenters. The van der Waals surface area contributed by atoms with Crippen LogP contribution in [0.5, 0.6) is 0 Å². The number of nitrogens with one attached hydrogen (secondary N) is 1. The zero-order valence-corrected chi connectivity index (χ0v) is 10.3. The van der Waals surface area contributed by atoms with Gasteiger partial charge in [-0.05, 0) is 38.6 Å². The van der Waals surface area contributed by atoms with Crippen LogP contribution in [0.3, 0.4) is 0 Å². The Morgan fingerprint density at radius 2 is 1.53 bits per heavy atom. The third-order valence-corrected chi connectivity index (χ3v) is 2.71. The fourth-order valence-corrected chi connectivity index (χ4v) is 1.57. The smallest absolute Gasteiger partial charge is 0.361 e. The van der Waals surface area contributed by atoms with Gasteiger partial charge in [0.2, 0.25) is 6.10 Å². The van der Waals surface area contributed by atoms with Gasteiger partial charge in [0.05, 0.1) is 0 Å². The zero-order chi connectivity index (χ0) is 14.5. The Hall–Kier alpha value is -0.500. The standard InChI is InChI=1S/C11H17F6NO/c12-10(13,14)9(11(15,16)17)19-7-3-1-2-6-18-8-4-5-8/h8-9,18H,1-7H2. The summed E-state index contributed by atoms with van der Waals surface area (Å²) in [6.07, 6.45) is -10.8. The van der Waals surface area contributed by atoms with Crippen LogP contribution in [0.2, 0.25) is 0 Å². The van der Waals surface area contributed by atoms with Gasteiger partial charge in [0.25, 0.3) is 0 Å². The van der Waals surface area contributed by atoms with Gasteiger partial charge in [-0.15, -0.1) is 0 Å². The summed E-state index contributed by atoms with van der Waals surface area (Å²) in [6, 6.07) is 0.552. The lowest BCUT2D eigenvalue weighted by molar-refractivity contribution is -0.321. The van der Waals surface area contributed by atoms with Crippen LogP contribution in [0.25, 0.3) is 0 Å². The Kier molecular flexibility index (Phi) is 5.91. The van der Waals surface area contributed by atoms with Crippen LogP contribution in [0.4, 0.5) is 26.3 Å². The first kappa shape index (κ1) is 16.6. The highest BCUT2D eigenvalue weighted by atomic mass is 19.4. The normalized spacial score (nSPS) is 17.2. The van der Waals surface area contributed by atoms with Crippen LogP contribution in [-0.2, 0) is 4.74 Å². The van der Waals surface area contributed by atoms with E-state index >= 15 is 0 Å². The van der Waals surface area contributed by atoms with Crippen LogP contribution in [-0.4, -0.2) is 37.7 Å². The van der Waals surface area contributed by atoms with Gasteiger partial charge < -0.3 is 10.1 Å². The fraction of sp³-hybridized carbons (Fsp3) is 1.00. The van der Waals surface area contributed by atoms with Crippen molar-refractivity contribution in [2.45, 2.75) is 56.6 Å². The maximum absolute atomic E-state index is 12.1. The predicted octanol–water partition coefficient (Wildman–Crippen LogP) is 3.42. The summed E-state index contributed by atoms with van der Waals surface area (Å²) in [7, 11) is 0. The minimum absolute atomic E-state index is 0.189. The summed E-state index contributed by atoms with van der Waals surface area (Å²) in [5.74, 6) is 0. The van der Waals surface area contributed by atoms with E-state index in [1.807, 2.05) is 0 Å². The van der Waals surface area contributed by atoms with Crippen LogP contribution in [0.1, 0.15) is 32.1 Å². The Balaban J connectivity index is 2.10. The van der Waals surface area contributed by atoms with Crippen molar-refractivity contribution in [3.8, 4) is 0 Å². The molecule has 0 spiro atoms. The lowest BCUT2D eigenvalue weighted by Gasteiger charge is -2.23. The predicted molar refractivity (Wildman–Crippen MR) is 56.7 cm³/mol. The lowest BCUT2D eigenvalue weighted by Crippen LogP contribution is -2.44. The van der Waals surface area contributed by atoms with Crippen LogP contribution in [0, 0.1) is 0 Å². The minimum Gasteiger partial charge on any atom is -0.361 e. The Morgan fingerprint density at radius 1 is 0.947 bits per heavy atom. The first-order chi connectivity index (χ1) is 8.71. The molecule has 0 radical (unpaired) electrons. The van der Waals surface area contributed by atoms with Gasteiger partial charge in [-0.25, -0.2) is 0 Å². The molecule has 1 saturated carbocycles. The molecule has 1 aliphatic rings. The molecule has 1 aliphatic carbocycles. The van der Waals surface area contributed by atoms with Crippen LogP contribution in [0.15, 0.2) is 0 Å². The van der Waals surface area contributed by atoms with Gasteiger partial charge in [0, 0.05) is 12.6 Å². The quantitative estimate of drug-likeness (QED) is 0.547. The topological polar surface area (TPSA) is 21.3 Å². The van der Waals surface area contributed by atoms with Crippen molar-refractivity contribution in [3.63, 3.8) is 0 Å². The monoisotopic (exact) mass is 293 g/mol. The first-order valence-electron chi connectivity index (χ1n) is 6.19. The summed E-state index contributed by atoms with van der Waals surface area (Å²) < 4.78 is 76.5. The summed E-state index contributed by atoms with van der Waals surface area (Å²) in [4.78, 5) is 0. The Morgan fingerprint density at radius 3 is 2.00 bits per heavy atom. The molecule has 0 bridgehead atoms. The van der Waals surface area contributed by atoms with Crippen molar-refractivity contribution >= 4 is 0 Å². The maximum Gasteiger partial charge on any atom is 0.423 e. The first-order valence-corrected chi connectivity index (χ1v) is 6.19. The molecule has 19 heavy (non-hydrogen) atoms. The van der Waals surface area contributed by atoms with Crippen molar-refractivity contribution in [1.29, 1.82) is 0 Å². The van der Waals surface area contributed by atoms with E-state index in [0.717, 1.165) is 25.8 Å². The molecule has 0 aromatic rings. The van der Waals surface area contributed by atoms with Gasteiger partial charge >= 0.3 is 12.4 Å². The SMILES string of the molecule is FC(F)(F)C(OCCCCCNC1CC1)C(F)(F)F. The summed E-state index contributed by atoms with van der Waals surface area (Å²) in [5, 5.41) is 3.20. The highest BCUT2D eigenvalue weighted by Gasteiger charge is 2.57. The molecule has 1 fully saturated rings. The maximum atomic E-state index is 12.1. The fourth-order valence-electron chi connectivity index (χ4n) is 1.57. The Bertz CT molecular complexity index is 247. The second kappa shape index (κ2) is 6.78. The summed E-state index contributed by atoms with van der Waals surface area (Å²) >= 11 is 0. The van der Waals surface area contributed by atoms with Crippen LogP contribution >= 0.6 is 0 Å². The minimum atomic E-state index is -5.41. The van der Waals surface area contributed by atoms with Gasteiger partial charge in [0.15, 0.2) is 0 Å². The average Bonchev–Trinajstić information content (AvgIpc) is 3.01. The molecule has 1 rings (SSSR count). The number of halogens is 6. The Labute approximate surface area is 107 Å².